The monoisotopic (exact) mass is 433 g/mol. The number of carbonyl (C=O) groups is 2. The zero-order valence-electron chi connectivity index (χ0n) is 19.0. The van der Waals surface area contributed by atoms with Crippen molar-refractivity contribution in [3.8, 4) is 0 Å². The number of aromatic nitrogens is 1. The van der Waals surface area contributed by atoms with Crippen LogP contribution in [-0.4, -0.2) is 16.1 Å². The molecule has 1 aromatic heterocycles. The molecule has 0 spiro atoms. The minimum absolute atomic E-state index is 0.0342. The lowest BCUT2D eigenvalue weighted by molar-refractivity contribution is 0.0972. The highest BCUT2D eigenvalue weighted by Crippen LogP contribution is 2.38. The fourth-order valence-electron chi connectivity index (χ4n) is 5.17. The Kier molecular flexibility index (Phi) is 5.55. The second-order valence-electron chi connectivity index (χ2n) is 8.72. The van der Waals surface area contributed by atoms with Crippen LogP contribution in [0.25, 0.3) is 0 Å². The van der Waals surface area contributed by atoms with E-state index in [1.54, 1.807) is 12.1 Å². The quantitative estimate of drug-likeness (QED) is 0.313. The van der Waals surface area contributed by atoms with Crippen LogP contribution in [0.3, 0.4) is 0 Å². The van der Waals surface area contributed by atoms with Crippen molar-refractivity contribution in [2.75, 3.05) is 0 Å². The zero-order valence-corrected chi connectivity index (χ0v) is 19.0. The molecule has 0 fully saturated rings. The number of hydrogen-bond donors (Lipinski definition) is 0. The summed E-state index contributed by atoms with van der Waals surface area (Å²) in [7, 11) is 0. The van der Waals surface area contributed by atoms with Gasteiger partial charge in [-0.3, -0.25) is 9.59 Å². The third-order valence-corrected chi connectivity index (χ3v) is 6.77. The molecule has 5 rings (SSSR count). The molecule has 0 amide bonds. The third kappa shape index (κ3) is 3.54. The molecule has 4 aromatic rings. The van der Waals surface area contributed by atoms with Crippen LogP contribution in [-0.2, 0) is 13.0 Å². The summed E-state index contributed by atoms with van der Waals surface area (Å²) in [6.07, 6.45) is 1.56. The topological polar surface area (TPSA) is 39.1 Å². The molecule has 0 N–H and O–H groups in total. The van der Waals surface area contributed by atoms with Crippen LogP contribution in [0, 0.1) is 6.92 Å². The largest absolute Gasteiger partial charge is 0.341 e. The second-order valence-corrected chi connectivity index (χ2v) is 8.72. The number of benzene rings is 3. The van der Waals surface area contributed by atoms with Gasteiger partial charge in [-0.15, -0.1) is 0 Å². The van der Waals surface area contributed by atoms with Crippen molar-refractivity contribution in [3.05, 3.63) is 130 Å². The van der Waals surface area contributed by atoms with Crippen molar-refractivity contribution in [1.82, 2.24) is 4.57 Å². The average molecular weight is 434 g/mol. The molecule has 164 valence electrons. The number of ketones is 2. The molecule has 0 unspecified atom stereocenters. The van der Waals surface area contributed by atoms with E-state index in [-0.39, 0.29) is 17.5 Å². The van der Waals surface area contributed by atoms with Crippen molar-refractivity contribution in [2.45, 2.75) is 39.2 Å². The molecule has 0 bridgehead atoms. The van der Waals surface area contributed by atoms with Crippen LogP contribution in [0.4, 0.5) is 0 Å². The Hall–Kier alpha value is -3.72. The summed E-state index contributed by atoms with van der Waals surface area (Å²) in [5, 5.41) is 0. The molecular formula is C30H27NO2. The Labute approximate surface area is 194 Å². The zero-order chi connectivity index (χ0) is 22.9. The highest BCUT2D eigenvalue weighted by atomic mass is 16.1. The van der Waals surface area contributed by atoms with E-state index in [0.717, 1.165) is 24.2 Å². The van der Waals surface area contributed by atoms with E-state index < -0.39 is 0 Å². The summed E-state index contributed by atoms with van der Waals surface area (Å²) in [6.45, 7) is 4.88. The van der Waals surface area contributed by atoms with Gasteiger partial charge in [0.1, 0.15) is 5.69 Å². The third-order valence-electron chi connectivity index (χ3n) is 6.77. The number of rotatable bonds is 6. The Morgan fingerprint density at radius 1 is 0.727 bits per heavy atom. The normalized spacial score (nSPS) is 12.7. The summed E-state index contributed by atoms with van der Waals surface area (Å²) in [5.74, 6) is 0.0137. The van der Waals surface area contributed by atoms with Gasteiger partial charge < -0.3 is 4.57 Å². The molecule has 3 nitrogen and oxygen atoms in total. The van der Waals surface area contributed by atoms with Gasteiger partial charge in [-0.25, -0.2) is 0 Å². The maximum atomic E-state index is 13.7. The minimum atomic E-state index is -0.0426. The fraction of sp³-hybridized carbons (Fsp3) is 0.200. The molecule has 1 heterocycles. The highest BCUT2D eigenvalue weighted by molar-refractivity contribution is 6.28. The number of carbonyl (C=O) groups excluding carboxylic acids is 2. The van der Waals surface area contributed by atoms with Crippen molar-refractivity contribution in [2.24, 2.45) is 0 Å². The SMILES string of the molecule is CCCn1c(C)c(CC(c2ccccc2)c2ccccc2)c2c1C(=O)c1ccccc1C2=O. The van der Waals surface area contributed by atoms with Gasteiger partial charge in [-0.1, -0.05) is 91.9 Å². The maximum absolute atomic E-state index is 13.7. The molecular weight excluding hydrogens is 406 g/mol. The first-order chi connectivity index (χ1) is 16.1. The van der Waals surface area contributed by atoms with Crippen molar-refractivity contribution in [1.29, 1.82) is 0 Å². The van der Waals surface area contributed by atoms with Crippen molar-refractivity contribution < 1.29 is 9.59 Å². The van der Waals surface area contributed by atoms with Gasteiger partial charge >= 0.3 is 0 Å². The van der Waals surface area contributed by atoms with Crippen LogP contribution in [0.15, 0.2) is 84.9 Å². The van der Waals surface area contributed by atoms with Crippen molar-refractivity contribution in [3.63, 3.8) is 0 Å². The van der Waals surface area contributed by atoms with E-state index in [2.05, 4.69) is 66.9 Å². The minimum Gasteiger partial charge on any atom is -0.341 e. The van der Waals surface area contributed by atoms with Crippen LogP contribution in [0.1, 0.15) is 73.6 Å². The summed E-state index contributed by atoms with van der Waals surface area (Å²) >= 11 is 0. The summed E-state index contributed by atoms with van der Waals surface area (Å²) in [6, 6.07) is 28.1. The molecule has 3 heteroatoms. The highest BCUT2D eigenvalue weighted by Gasteiger charge is 2.37. The standard InChI is InChI=1S/C30H27NO2/c1-3-18-31-20(2)25(27-28(31)30(33)24-17-11-10-16-23(24)29(27)32)19-26(21-12-6-4-7-13-21)22-14-8-5-9-15-22/h4-17,26H,3,18-19H2,1-2H3. The molecule has 0 radical (unpaired) electrons. The van der Waals surface area contributed by atoms with Gasteiger partial charge in [0.2, 0.25) is 5.78 Å². The van der Waals surface area contributed by atoms with E-state index in [1.165, 1.54) is 11.1 Å². The fourth-order valence-corrected chi connectivity index (χ4v) is 5.17. The van der Waals surface area contributed by atoms with Gasteiger partial charge in [-0.05, 0) is 36.5 Å². The molecule has 0 atom stereocenters. The Bertz CT molecular complexity index is 1290. The summed E-state index contributed by atoms with van der Waals surface area (Å²) < 4.78 is 2.08. The van der Waals surface area contributed by atoms with Crippen LogP contribution in [0.5, 0.6) is 0 Å². The van der Waals surface area contributed by atoms with E-state index in [4.69, 9.17) is 0 Å². The van der Waals surface area contributed by atoms with Gasteiger partial charge in [0.25, 0.3) is 0 Å². The lowest BCUT2D eigenvalue weighted by atomic mass is 9.81. The number of nitrogens with zero attached hydrogens (tertiary/aromatic N) is 1. The van der Waals surface area contributed by atoms with Crippen molar-refractivity contribution >= 4 is 11.6 Å². The van der Waals surface area contributed by atoms with E-state index in [9.17, 15) is 9.59 Å². The average Bonchev–Trinajstić information content (AvgIpc) is 3.14. The molecule has 1 aliphatic rings. The smallest absolute Gasteiger partial charge is 0.210 e. The first-order valence-corrected chi connectivity index (χ1v) is 11.6. The number of hydrogen-bond acceptors (Lipinski definition) is 2. The molecule has 33 heavy (non-hydrogen) atoms. The van der Waals surface area contributed by atoms with Gasteiger partial charge in [0.05, 0.1) is 5.56 Å². The maximum Gasteiger partial charge on any atom is 0.210 e. The van der Waals surface area contributed by atoms with E-state index in [1.807, 2.05) is 24.3 Å². The molecule has 0 aliphatic heterocycles. The van der Waals surface area contributed by atoms with Crippen LogP contribution >= 0.6 is 0 Å². The Morgan fingerprint density at radius 2 is 1.24 bits per heavy atom. The van der Waals surface area contributed by atoms with Gasteiger partial charge in [0.15, 0.2) is 5.78 Å². The summed E-state index contributed by atoms with van der Waals surface area (Å²) in [5.41, 5.74) is 6.61. The first kappa shape index (κ1) is 21.1. The van der Waals surface area contributed by atoms with Crippen LogP contribution in [0.2, 0.25) is 0 Å². The molecule has 0 saturated carbocycles. The second kappa shape index (κ2) is 8.67. The lowest BCUT2D eigenvalue weighted by Gasteiger charge is -2.20. The molecule has 3 aromatic carbocycles. The van der Waals surface area contributed by atoms with Gasteiger partial charge in [0, 0.05) is 29.3 Å². The number of fused-ring (bicyclic) bond motifs is 2. The summed E-state index contributed by atoms with van der Waals surface area (Å²) in [4.78, 5) is 27.3. The lowest BCUT2D eigenvalue weighted by Crippen LogP contribution is -2.23. The Balaban J connectivity index is 1.70. The molecule has 0 saturated heterocycles. The van der Waals surface area contributed by atoms with E-state index in [0.29, 0.717) is 28.8 Å². The predicted octanol–water partition coefficient (Wildman–Crippen LogP) is 6.36. The predicted molar refractivity (Wildman–Crippen MR) is 131 cm³/mol. The molecule has 1 aliphatic carbocycles. The van der Waals surface area contributed by atoms with Gasteiger partial charge in [-0.2, -0.15) is 0 Å². The first-order valence-electron chi connectivity index (χ1n) is 11.6. The Morgan fingerprint density at radius 3 is 1.79 bits per heavy atom. The van der Waals surface area contributed by atoms with E-state index >= 15 is 0 Å². The van der Waals surface area contributed by atoms with Crippen LogP contribution < -0.4 is 0 Å².